The van der Waals surface area contributed by atoms with Crippen LogP contribution in [0, 0.1) is 0 Å². The number of hydrogen-bond acceptors (Lipinski definition) is 4. The van der Waals surface area contributed by atoms with E-state index in [9.17, 15) is 9.59 Å². The van der Waals surface area contributed by atoms with Gasteiger partial charge >= 0.3 is 11.9 Å². The van der Waals surface area contributed by atoms with Gasteiger partial charge in [-0.3, -0.25) is 9.59 Å². The molecule has 0 heterocycles. The van der Waals surface area contributed by atoms with E-state index < -0.39 is 11.9 Å². The molecule has 6 nitrogen and oxygen atoms in total. The minimum atomic E-state index is -0.948. The van der Waals surface area contributed by atoms with Crippen LogP contribution in [-0.2, 0) is 9.59 Å². The van der Waals surface area contributed by atoms with Crippen LogP contribution >= 0.6 is 0 Å². The van der Waals surface area contributed by atoms with E-state index in [-0.39, 0.29) is 19.3 Å². The van der Waals surface area contributed by atoms with E-state index in [2.05, 4.69) is 0 Å². The van der Waals surface area contributed by atoms with E-state index >= 15 is 0 Å². The van der Waals surface area contributed by atoms with Crippen LogP contribution in [0.3, 0.4) is 0 Å². The lowest BCUT2D eigenvalue weighted by Crippen LogP contribution is -2.06. The van der Waals surface area contributed by atoms with Crippen LogP contribution in [0.5, 0.6) is 0 Å². The molecule has 0 aromatic rings. The first-order chi connectivity index (χ1) is 6.54. The number of nitrogens with two attached hydrogens (primary N) is 2. The summed E-state index contributed by atoms with van der Waals surface area (Å²) in [5.41, 5.74) is 10.1. The van der Waals surface area contributed by atoms with Crippen LogP contribution in [-0.4, -0.2) is 35.2 Å². The lowest BCUT2D eigenvalue weighted by atomic mass is 10.2. The second-order valence-electron chi connectivity index (χ2n) is 2.57. The average Bonchev–Trinajstić information content (AvgIpc) is 2.05. The van der Waals surface area contributed by atoms with Crippen molar-refractivity contribution in [3.63, 3.8) is 0 Å². The molecule has 0 bridgehead atoms. The zero-order chi connectivity index (χ0) is 11.4. The van der Waals surface area contributed by atoms with E-state index in [4.69, 9.17) is 21.7 Å². The summed E-state index contributed by atoms with van der Waals surface area (Å²) in [5.74, 6) is -1.90. The van der Waals surface area contributed by atoms with Gasteiger partial charge in [-0.25, -0.2) is 0 Å². The molecule has 0 aliphatic heterocycles. The standard InChI is InChI=1S/C5H8O4.C3H10N2/c6-4(7)2-1-3-5(8)9;4-2-1-3-5/h1-3H2,(H,6,7)(H,8,9);1-5H2. The molecular weight excluding hydrogens is 188 g/mol. The van der Waals surface area contributed by atoms with Crippen LogP contribution in [0.15, 0.2) is 0 Å². The first-order valence-corrected chi connectivity index (χ1v) is 4.38. The lowest BCUT2D eigenvalue weighted by molar-refractivity contribution is -0.138. The Bertz CT molecular complexity index is 145. The third kappa shape index (κ3) is 22.4. The van der Waals surface area contributed by atoms with Gasteiger partial charge in [0, 0.05) is 12.8 Å². The maximum Gasteiger partial charge on any atom is 0.303 e. The fourth-order valence-corrected chi connectivity index (χ4v) is 0.509. The Balaban J connectivity index is 0. The third-order valence-corrected chi connectivity index (χ3v) is 1.19. The van der Waals surface area contributed by atoms with Crippen molar-refractivity contribution in [2.24, 2.45) is 11.5 Å². The quantitative estimate of drug-likeness (QED) is 0.469. The molecule has 0 atom stereocenters. The van der Waals surface area contributed by atoms with Crippen LogP contribution in [0.4, 0.5) is 0 Å². The largest absolute Gasteiger partial charge is 0.481 e. The molecule has 0 aromatic carbocycles. The molecule has 6 N–H and O–H groups in total. The van der Waals surface area contributed by atoms with Crippen molar-refractivity contribution >= 4 is 11.9 Å². The molecule has 0 aromatic heterocycles. The number of carboxylic acid groups (broad SMARTS) is 2. The summed E-state index contributed by atoms with van der Waals surface area (Å²) in [4.78, 5) is 19.6. The summed E-state index contributed by atoms with van der Waals surface area (Å²) < 4.78 is 0. The number of carboxylic acids is 2. The topological polar surface area (TPSA) is 127 Å². The molecule has 0 amide bonds. The van der Waals surface area contributed by atoms with Crippen molar-refractivity contribution in [2.45, 2.75) is 25.7 Å². The summed E-state index contributed by atoms with van der Waals surface area (Å²) in [7, 11) is 0. The Kier molecular flexibility index (Phi) is 13.0. The zero-order valence-corrected chi connectivity index (χ0v) is 8.11. The van der Waals surface area contributed by atoms with Crippen molar-refractivity contribution < 1.29 is 19.8 Å². The molecule has 0 unspecified atom stereocenters. The summed E-state index contributed by atoms with van der Waals surface area (Å²) in [6.45, 7) is 1.44. The van der Waals surface area contributed by atoms with Gasteiger partial charge in [-0.15, -0.1) is 0 Å². The summed E-state index contributed by atoms with van der Waals surface area (Å²) >= 11 is 0. The van der Waals surface area contributed by atoms with Crippen molar-refractivity contribution in [1.82, 2.24) is 0 Å². The Morgan fingerprint density at radius 1 is 0.857 bits per heavy atom. The van der Waals surface area contributed by atoms with Crippen molar-refractivity contribution in [1.29, 1.82) is 0 Å². The Morgan fingerprint density at radius 3 is 1.36 bits per heavy atom. The lowest BCUT2D eigenvalue weighted by Gasteiger charge is -1.89. The molecule has 0 saturated carbocycles. The van der Waals surface area contributed by atoms with E-state index in [1.54, 1.807) is 0 Å². The van der Waals surface area contributed by atoms with Crippen molar-refractivity contribution in [2.75, 3.05) is 13.1 Å². The normalized spacial score (nSPS) is 8.71. The average molecular weight is 206 g/mol. The fraction of sp³-hybridized carbons (Fsp3) is 0.750. The molecule has 0 saturated heterocycles. The molecule has 0 radical (unpaired) electrons. The van der Waals surface area contributed by atoms with Gasteiger partial charge in [0.25, 0.3) is 0 Å². The van der Waals surface area contributed by atoms with Crippen LogP contribution in [0.1, 0.15) is 25.7 Å². The number of aliphatic carboxylic acids is 2. The molecule has 14 heavy (non-hydrogen) atoms. The fourth-order valence-electron chi connectivity index (χ4n) is 0.509. The highest BCUT2D eigenvalue weighted by Gasteiger charge is 1.99. The van der Waals surface area contributed by atoms with Gasteiger partial charge in [0.2, 0.25) is 0 Å². The van der Waals surface area contributed by atoms with E-state index in [0.29, 0.717) is 0 Å². The van der Waals surface area contributed by atoms with E-state index in [0.717, 1.165) is 19.5 Å². The molecular formula is C8H18N2O4. The maximum absolute atomic E-state index is 9.79. The third-order valence-electron chi connectivity index (χ3n) is 1.19. The highest BCUT2D eigenvalue weighted by atomic mass is 16.4. The predicted molar refractivity (Wildman–Crippen MR) is 51.8 cm³/mol. The zero-order valence-electron chi connectivity index (χ0n) is 8.11. The molecule has 0 aliphatic carbocycles. The minimum Gasteiger partial charge on any atom is -0.481 e. The van der Waals surface area contributed by atoms with Gasteiger partial charge in [0.15, 0.2) is 0 Å². The molecule has 84 valence electrons. The summed E-state index contributed by atoms with van der Waals surface area (Å²) in [6, 6.07) is 0. The van der Waals surface area contributed by atoms with Gasteiger partial charge in [-0.1, -0.05) is 0 Å². The van der Waals surface area contributed by atoms with Crippen molar-refractivity contribution in [3.05, 3.63) is 0 Å². The summed E-state index contributed by atoms with van der Waals surface area (Å²) in [5, 5.41) is 16.1. The van der Waals surface area contributed by atoms with Gasteiger partial charge in [-0.05, 0) is 25.9 Å². The first-order valence-electron chi connectivity index (χ1n) is 4.38. The van der Waals surface area contributed by atoms with Gasteiger partial charge in [0.05, 0.1) is 0 Å². The van der Waals surface area contributed by atoms with Crippen LogP contribution in [0.25, 0.3) is 0 Å². The minimum absolute atomic E-state index is 0.0632. The van der Waals surface area contributed by atoms with Crippen molar-refractivity contribution in [3.8, 4) is 0 Å². The SMILES string of the molecule is NCCCN.O=C(O)CCCC(=O)O. The summed E-state index contributed by atoms with van der Waals surface area (Å²) in [6.07, 6.45) is 1.03. The molecule has 0 fully saturated rings. The second kappa shape index (κ2) is 11.9. The maximum atomic E-state index is 9.79. The van der Waals surface area contributed by atoms with Gasteiger partial charge in [-0.2, -0.15) is 0 Å². The molecule has 0 aliphatic rings. The molecule has 0 spiro atoms. The highest BCUT2D eigenvalue weighted by molar-refractivity contribution is 5.69. The molecule has 6 heteroatoms. The van der Waals surface area contributed by atoms with E-state index in [1.807, 2.05) is 0 Å². The van der Waals surface area contributed by atoms with Gasteiger partial charge < -0.3 is 21.7 Å². The predicted octanol–water partition coefficient (Wildman–Crippen LogP) is -0.380. The second-order valence-corrected chi connectivity index (χ2v) is 2.57. The Labute approximate surface area is 82.9 Å². The van der Waals surface area contributed by atoms with Crippen LogP contribution < -0.4 is 11.5 Å². The Morgan fingerprint density at radius 2 is 1.21 bits per heavy atom. The first kappa shape index (κ1) is 15.3. The number of rotatable bonds is 6. The monoisotopic (exact) mass is 206 g/mol. The van der Waals surface area contributed by atoms with Crippen LogP contribution in [0.2, 0.25) is 0 Å². The molecule has 0 rings (SSSR count). The number of hydrogen-bond donors (Lipinski definition) is 4. The highest BCUT2D eigenvalue weighted by Crippen LogP contribution is 1.93. The van der Waals surface area contributed by atoms with E-state index in [1.165, 1.54) is 0 Å². The Hall–Kier alpha value is -1.14. The van der Waals surface area contributed by atoms with Gasteiger partial charge in [0.1, 0.15) is 0 Å². The number of carbonyl (C=O) groups is 2. The smallest absolute Gasteiger partial charge is 0.303 e.